The van der Waals surface area contributed by atoms with Crippen molar-refractivity contribution in [2.75, 3.05) is 91.6 Å². The van der Waals surface area contributed by atoms with Crippen molar-refractivity contribution in [2.24, 2.45) is 0 Å². The number of hydrogen-bond donors (Lipinski definition) is 4. The van der Waals surface area contributed by atoms with E-state index < -0.39 is 51.9 Å². The van der Waals surface area contributed by atoms with Crippen LogP contribution in [0.4, 0.5) is 4.79 Å². The molecule has 0 bridgehead atoms. The van der Waals surface area contributed by atoms with Crippen LogP contribution in [0, 0.1) is 0 Å². The Morgan fingerprint density at radius 1 is 0.479 bits per heavy atom. The lowest BCUT2D eigenvalue weighted by atomic mass is 9.81. The molecule has 0 atom stereocenters. The molecular formula is C87H105Cl3N10O14S3. The largest absolute Gasteiger partial charge is 0.459 e. The SMILES string of the molecule is CC(C)(C)OC(=O)N1CCNCC1.CC(C)OC(=O)C1=CN(C(=O)c2cccc(CCl)c2)CC(C)(C)c2c1[nH]c1ccccc21.CC(C)OC(=O)C1=CN(C(=O)c2cccc(CN3CCN(S(=O)(=O)c4ccccc4)CC3)c2)CC(C)(C)c2c1[nH]c1ccccc21.Cl.O=S(=O)(Cl)c1ccccc1.O=S(=O)(c1ccccc1)N1CCNCC1. The summed E-state index contributed by atoms with van der Waals surface area (Å²) >= 11 is 5.97. The van der Waals surface area contributed by atoms with E-state index in [2.05, 4.69) is 53.2 Å². The van der Waals surface area contributed by atoms with Crippen LogP contribution >= 0.6 is 34.7 Å². The van der Waals surface area contributed by atoms with Crippen molar-refractivity contribution in [1.82, 2.24) is 48.8 Å². The van der Waals surface area contributed by atoms with Crippen molar-refractivity contribution in [2.45, 2.75) is 132 Å². The van der Waals surface area contributed by atoms with Crippen LogP contribution in [0.15, 0.2) is 215 Å². The summed E-state index contributed by atoms with van der Waals surface area (Å²) in [7, 11) is -5.30. The van der Waals surface area contributed by atoms with E-state index in [1.54, 1.807) is 118 Å². The average molecular weight is 1720 g/mol. The summed E-state index contributed by atoms with van der Waals surface area (Å²) in [6.07, 6.45) is 2.46. The van der Waals surface area contributed by atoms with Crippen molar-refractivity contribution in [3.63, 3.8) is 0 Å². The van der Waals surface area contributed by atoms with Crippen LogP contribution in [0.1, 0.15) is 131 Å². The van der Waals surface area contributed by atoms with Gasteiger partial charge < -0.3 is 49.5 Å². The fourth-order valence-corrected chi connectivity index (χ4v) is 18.1. The molecule has 117 heavy (non-hydrogen) atoms. The molecule has 7 aromatic carbocycles. The first-order valence-corrected chi connectivity index (χ1v) is 44.3. The number of nitrogens with one attached hydrogen (secondary N) is 4. The molecule has 3 saturated heterocycles. The van der Waals surface area contributed by atoms with Gasteiger partial charge in [-0.1, -0.05) is 143 Å². The van der Waals surface area contributed by atoms with Gasteiger partial charge in [0.05, 0.1) is 49.4 Å². The van der Waals surface area contributed by atoms with Crippen LogP contribution < -0.4 is 10.6 Å². The molecule has 3 fully saturated rings. The van der Waals surface area contributed by atoms with Crippen LogP contribution in [0.5, 0.6) is 0 Å². The molecule has 0 radical (unpaired) electrons. The summed E-state index contributed by atoms with van der Waals surface area (Å²) in [5.74, 6) is -1.02. The average Bonchev–Trinajstić information content (AvgIpc) is 1.59. The number of fused-ring (bicyclic) bond motifs is 6. The summed E-state index contributed by atoms with van der Waals surface area (Å²) in [4.78, 5) is 80.6. The van der Waals surface area contributed by atoms with Gasteiger partial charge in [0.15, 0.2) is 0 Å². The van der Waals surface area contributed by atoms with E-state index in [9.17, 15) is 49.2 Å². The Kier molecular flexibility index (Phi) is 31.4. The van der Waals surface area contributed by atoms with E-state index in [1.807, 2.05) is 133 Å². The van der Waals surface area contributed by atoms with Gasteiger partial charge in [0.2, 0.25) is 20.0 Å². The molecule has 7 heterocycles. The highest BCUT2D eigenvalue weighted by atomic mass is 35.7. The third kappa shape index (κ3) is 23.8. The highest BCUT2D eigenvalue weighted by molar-refractivity contribution is 8.13. The Hall–Kier alpha value is -9.23. The predicted octanol–water partition coefficient (Wildman–Crippen LogP) is 14.2. The number of alkyl halides is 1. The maximum Gasteiger partial charge on any atom is 0.410 e. The van der Waals surface area contributed by atoms with Crippen LogP contribution in [0.2, 0.25) is 0 Å². The molecule has 5 aliphatic rings. The first kappa shape index (κ1) is 91.7. The van der Waals surface area contributed by atoms with E-state index in [0.717, 1.165) is 83.3 Å². The molecule has 24 nitrogen and oxygen atoms in total. The normalized spacial score (nSPS) is 16.5. The minimum atomic E-state index is -3.53. The van der Waals surface area contributed by atoms with Gasteiger partial charge in [0.25, 0.3) is 20.9 Å². The second kappa shape index (κ2) is 40.0. The van der Waals surface area contributed by atoms with Crippen molar-refractivity contribution < 1.29 is 63.4 Å². The lowest BCUT2D eigenvalue weighted by Gasteiger charge is -2.34. The zero-order valence-electron chi connectivity index (χ0n) is 67.8. The highest BCUT2D eigenvalue weighted by Crippen LogP contribution is 2.43. The molecule has 5 aliphatic heterocycles. The van der Waals surface area contributed by atoms with Gasteiger partial charge in [0, 0.05) is 171 Å². The molecule has 30 heteroatoms. The first-order valence-electron chi connectivity index (χ1n) is 38.6. The van der Waals surface area contributed by atoms with Gasteiger partial charge >= 0.3 is 18.0 Å². The van der Waals surface area contributed by atoms with Crippen LogP contribution in [0.3, 0.4) is 0 Å². The predicted molar refractivity (Wildman–Crippen MR) is 462 cm³/mol. The zero-order valence-corrected chi connectivity index (χ0v) is 72.6. The fourth-order valence-electron chi connectivity index (χ4n) is 14.2. The molecule has 0 unspecified atom stereocenters. The number of amides is 3. The summed E-state index contributed by atoms with van der Waals surface area (Å²) in [6.45, 7) is 30.3. The van der Waals surface area contributed by atoms with Gasteiger partial charge in [-0.25, -0.2) is 39.6 Å². The number of para-hydroxylation sites is 2. The van der Waals surface area contributed by atoms with Gasteiger partial charge in [-0.2, -0.15) is 8.61 Å². The second-order valence-corrected chi connectivity index (χ2v) is 38.1. The molecule has 626 valence electrons. The van der Waals surface area contributed by atoms with Crippen molar-refractivity contribution in [1.29, 1.82) is 0 Å². The Balaban J connectivity index is 0.000000188. The number of hydrogen-bond acceptors (Lipinski definition) is 17. The fraction of sp³-hybridized carbons (Fsp3) is 0.368. The number of piperazine rings is 3. The Labute approximate surface area is 702 Å². The molecule has 9 aromatic rings. The minimum Gasteiger partial charge on any atom is -0.459 e. The number of esters is 2. The van der Waals surface area contributed by atoms with Gasteiger partial charge in [-0.15, -0.1) is 24.0 Å². The monoisotopic (exact) mass is 1710 g/mol. The van der Waals surface area contributed by atoms with Gasteiger partial charge in [-0.3, -0.25) is 14.5 Å². The van der Waals surface area contributed by atoms with Gasteiger partial charge in [0.1, 0.15) is 5.60 Å². The highest BCUT2D eigenvalue weighted by Gasteiger charge is 2.41. The number of ether oxygens (including phenoxy) is 3. The second-order valence-electron chi connectivity index (χ2n) is 31.4. The van der Waals surface area contributed by atoms with Crippen molar-refractivity contribution in [3.8, 4) is 0 Å². The van der Waals surface area contributed by atoms with E-state index in [0.29, 0.717) is 108 Å². The third-order valence-corrected chi connectivity index (χ3v) is 25.0. The number of nitrogens with zero attached hydrogens (tertiary/aromatic N) is 6. The quantitative estimate of drug-likeness (QED) is 0.0340. The van der Waals surface area contributed by atoms with Gasteiger partial charge in [-0.05, 0) is 144 Å². The van der Waals surface area contributed by atoms with E-state index >= 15 is 0 Å². The number of carbonyl (C=O) groups excluding carboxylic acids is 5. The Morgan fingerprint density at radius 3 is 1.25 bits per heavy atom. The minimum absolute atomic E-state index is 0. The van der Waals surface area contributed by atoms with Crippen molar-refractivity contribution in [3.05, 3.63) is 245 Å². The number of aromatic amines is 2. The lowest BCUT2D eigenvalue weighted by molar-refractivity contribution is -0.141. The summed E-state index contributed by atoms with van der Waals surface area (Å²) < 4.78 is 91.0. The molecule has 0 saturated carbocycles. The number of carbonyl (C=O) groups is 5. The zero-order chi connectivity index (χ0) is 83.9. The van der Waals surface area contributed by atoms with Crippen LogP contribution in [-0.2, 0) is 76.2 Å². The van der Waals surface area contributed by atoms with Crippen molar-refractivity contribution >= 4 is 127 Å². The summed E-state index contributed by atoms with van der Waals surface area (Å²) in [5.41, 5.74) is 7.46. The number of halogens is 3. The van der Waals surface area contributed by atoms with E-state index in [-0.39, 0.29) is 53.0 Å². The maximum absolute atomic E-state index is 14.1. The smallest absolute Gasteiger partial charge is 0.410 e. The number of H-pyrrole nitrogens is 2. The maximum atomic E-state index is 14.1. The van der Waals surface area contributed by atoms with Crippen LogP contribution in [0.25, 0.3) is 33.0 Å². The molecule has 4 N–H and O–H groups in total. The molecule has 3 amide bonds. The molecule has 2 aromatic heterocycles. The molecule has 0 aliphatic carbocycles. The first-order chi connectivity index (χ1) is 54.9. The number of sulfonamides is 2. The Bertz CT molecular complexity index is 5370. The molecule has 14 rings (SSSR count). The third-order valence-electron chi connectivity index (χ3n) is 19.5. The molecule has 0 spiro atoms. The molecular weight excluding hydrogens is 1610 g/mol. The number of rotatable bonds is 14. The van der Waals surface area contributed by atoms with E-state index in [1.165, 1.54) is 20.7 Å². The number of aromatic nitrogens is 2. The summed E-state index contributed by atoms with van der Waals surface area (Å²) in [5, 5.41) is 8.36. The summed E-state index contributed by atoms with van der Waals surface area (Å²) in [6, 6.07) is 55.7. The van der Waals surface area contributed by atoms with E-state index in [4.69, 9.17) is 36.5 Å². The topological polar surface area (TPSA) is 291 Å². The Morgan fingerprint density at radius 2 is 0.855 bits per heavy atom. The lowest BCUT2D eigenvalue weighted by Crippen LogP contribution is -2.48. The number of benzene rings is 7. The standard InChI is InChI=1S/C36H40N4O5S.C26H27ClN2O3.C10H14N2O2S.C9H18N2O2.C6H5ClO2S.ClH/c1-25(2)45-35(42)30-23-39(24-36(3,4)32-29-15-8-9-16-31(29)37-33(30)32)34(41)27-12-10-11-26(21-27)22-38-17-19-40(20-18-38)46(43,44)28-13-6-5-7-14-28;1-16(2)32-25(31)20-14-29(24(30)18-9-7-8-17(12-18)13-27)15-26(3,4)22-19-10-5-6-11-21(19)28-23(20)22;13-15(14,10-4-2-1-3-5-10)12-8-6-11-7-9-12;1-9(2,3)13-8(12)11-6-4-10-5-7-11;7-10(8,9)6-4-2-1-3-5-6;/h5-16,21,23,25,37H,17-20,22,24H2,1-4H3;5-12,14,16,28H,13,15H2,1-4H3;1-5,11H,6-9H2;10H,4-7H2,1-3H3;1-5H;1H. The van der Waals surface area contributed by atoms with Crippen LogP contribution in [-0.4, -0.2) is 203 Å².